The molecule has 4 rings (SSSR count). The van der Waals surface area contributed by atoms with Gasteiger partial charge in [-0.1, -0.05) is 6.07 Å². The molecule has 0 amide bonds. The third kappa shape index (κ3) is 4.18. The van der Waals surface area contributed by atoms with Crippen LogP contribution in [0, 0.1) is 0 Å². The lowest BCUT2D eigenvalue weighted by atomic mass is 10.1. The first-order valence-corrected chi connectivity index (χ1v) is 9.83. The first kappa shape index (κ1) is 20.3. The standard InChI is InChI=1S/C23H23N5O3/c1-28-14-26-18-13-17(15-7-8-19(30-2)20(12-15)31-3)27-22(21(18)23(28)29)25-11-9-16-6-4-5-10-24-16/h4-8,10,12-14H,9,11H2,1-3H3,(H,25,27). The number of ether oxygens (including phenoxy) is 2. The Labute approximate surface area is 179 Å². The highest BCUT2D eigenvalue weighted by Gasteiger charge is 2.14. The molecule has 8 heteroatoms. The normalized spacial score (nSPS) is 10.8. The van der Waals surface area contributed by atoms with Gasteiger partial charge in [-0.25, -0.2) is 9.97 Å². The molecular weight excluding hydrogens is 394 g/mol. The Balaban J connectivity index is 1.76. The van der Waals surface area contributed by atoms with Crippen LogP contribution in [0.5, 0.6) is 11.5 Å². The minimum Gasteiger partial charge on any atom is -0.493 e. The van der Waals surface area contributed by atoms with Crippen LogP contribution in [0.3, 0.4) is 0 Å². The molecule has 158 valence electrons. The Bertz CT molecular complexity index is 1270. The molecular formula is C23H23N5O3. The third-order valence-electron chi connectivity index (χ3n) is 4.98. The SMILES string of the molecule is COc1ccc(-c2cc3ncn(C)c(=O)c3c(NCCc3ccccn3)n2)cc1OC. The van der Waals surface area contributed by atoms with E-state index in [4.69, 9.17) is 14.5 Å². The van der Waals surface area contributed by atoms with Gasteiger partial charge in [0.2, 0.25) is 0 Å². The van der Waals surface area contributed by atoms with Gasteiger partial charge in [-0.05, 0) is 36.4 Å². The molecule has 0 atom stereocenters. The van der Waals surface area contributed by atoms with Crippen molar-refractivity contribution in [2.45, 2.75) is 6.42 Å². The molecule has 0 bridgehead atoms. The van der Waals surface area contributed by atoms with Crippen LogP contribution in [0.25, 0.3) is 22.2 Å². The van der Waals surface area contributed by atoms with Crippen LogP contribution < -0.4 is 20.3 Å². The average Bonchev–Trinajstić information content (AvgIpc) is 2.81. The number of aromatic nitrogens is 4. The number of anilines is 1. The molecule has 3 heterocycles. The number of benzene rings is 1. The van der Waals surface area contributed by atoms with Gasteiger partial charge in [0, 0.05) is 37.5 Å². The van der Waals surface area contributed by atoms with E-state index in [1.807, 2.05) is 42.5 Å². The quantitative estimate of drug-likeness (QED) is 0.494. The zero-order valence-corrected chi connectivity index (χ0v) is 17.6. The van der Waals surface area contributed by atoms with Crippen molar-refractivity contribution in [3.63, 3.8) is 0 Å². The van der Waals surface area contributed by atoms with E-state index in [2.05, 4.69) is 15.3 Å². The summed E-state index contributed by atoms with van der Waals surface area (Å²) in [7, 11) is 4.86. The second-order valence-corrected chi connectivity index (χ2v) is 6.98. The molecule has 0 aliphatic heterocycles. The maximum absolute atomic E-state index is 12.8. The molecule has 0 saturated heterocycles. The lowest BCUT2D eigenvalue weighted by Gasteiger charge is -2.13. The number of aryl methyl sites for hydroxylation is 1. The number of nitrogens with zero attached hydrogens (tertiary/aromatic N) is 4. The highest BCUT2D eigenvalue weighted by atomic mass is 16.5. The molecule has 1 N–H and O–H groups in total. The van der Waals surface area contributed by atoms with Gasteiger partial charge in [0.15, 0.2) is 11.5 Å². The highest BCUT2D eigenvalue weighted by Crippen LogP contribution is 2.33. The van der Waals surface area contributed by atoms with Crippen molar-refractivity contribution in [3.8, 4) is 22.8 Å². The van der Waals surface area contributed by atoms with E-state index < -0.39 is 0 Å². The van der Waals surface area contributed by atoms with Crippen molar-refractivity contribution >= 4 is 16.7 Å². The van der Waals surface area contributed by atoms with Crippen LogP contribution in [0.1, 0.15) is 5.69 Å². The van der Waals surface area contributed by atoms with Gasteiger partial charge in [0.05, 0.1) is 31.8 Å². The fraction of sp³-hybridized carbons (Fsp3) is 0.217. The molecule has 4 aromatic rings. The van der Waals surface area contributed by atoms with Crippen molar-refractivity contribution in [2.24, 2.45) is 7.05 Å². The Kier molecular flexibility index (Phi) is 5.79. The molecule has 0 saturated carbocycles. The number of methoxy groups -OCH3 is 2. The molecule has 0 radical (unpaired) electrons. The molecule has 1 aromatic carbocycles. The fourth-order valence-electron chi connectivity index (χ4n) is 3.35. The summed E-state index contributed by atoms with van der Waals surface area (Å²) in [6, 6.07) is 13.2. The van der Waals surface area contributed by atoms with Gasteiger partial charge in [0.1, 0.15) is 11.2 Å². The van der Waals surface area contributed by atoms with Gasteiger partial charge in [0.25, 0.3) is 5.56 Å². The molecule has 31 heavy (non-hydrogen) atoms. The summed E-state index contributed by atoms with van der Waals surface area (Å²) in [5.41, 5.74) is 2.88. The van der Waals surface area contributed by atoms with Crippen molar-refractivity contribution in [1.82, 2.24) is 19.5 Å². The topological polar surface area (TPSA) is 91.2 Å². The second kappa shape index (κ2) is 8.83. The fourth-order valence-corrected chi connectivity index (χ4v) is 3.35. The highest BCUT2D eigenvalue weighted by molar-refractivity contribution is 5.91. The zero-order valence-electron chi connectivity index (χ0n) is 17.6. The van der Waals surface area contributed by atoms with Gasteiger partial charge in [-0.15, -0.1) is 0 Å². The first-order chi connectivity index (χ1) is 15.1. The Morgan fingerprint density at radius 1 is 1.03 bits per heavy atom. The summed E-state index contributed by atoms with van der Waals surface area (Å²) in [6.07, 6.45) is 3.98. The minimum atomic E-state index is -0.156. The van der Waals surface area contributed by atoms with E-state index in [-0.39, 0.29) is 5.56 Å². The van der Waals surface area contributed by atoms with Crippen LogP contribution in [-0.2, 0) is 13.5 Å². The number of fused-ring (bicyclic) bond motifs is 1. The smallest absolute Gasteiger partial charge is 0.264 e. The largest absolute Gasteiger partial charge is 0.493 e. The number of pyridine rings is 2. The number of hydrogen-bond donors (Lipinski definition) is 1. The molecule has 0 fully saturated rings. The average molecular weight is 417 g/mol. The molecule has 0 aliphatic rings. The van der Waals surface area contributed by atoms with Crippen LogP contribution >= 0.6 is 0 Å². The van der Waals surface area contributed by atoms with Crippen molar-refractivity contribution in [1.29, 1.82) is 0 Å². The van der Waals surface area contributed by atoms with Crippen LogP contribution in [-0.4, -0.2) is 40.3 Å². The van der Waals surface area contributed by atoms with E-state index in [1.54, 1.807) is 27.5 Å². The van der Waals surface area contributed by atoms with Crippen molar-refractivity contribution in [2.75, 3.05) is 26.1 Å². The maximum Gasteiger partial charge on any atom is 0.264 e. The Hall–Kier alpha value is -3.94. The van der Waals surface area contributed by atoms with Gasteiger partial charge in [-0.3, -0.25) is 9.78 Å². The number of nitrogens with one attached hydrogen (secondary N) is 1. The van der Waals surface area contributed by atoms with Gasteiger partial charge in [-0.2, -0.15) is 0 Å². The van der Waals surface area contributed by atoms with E-state index >= 15 is 0 Å². The molecule has 0 unspecified atom stereocenters. The zero-order chi connectivity index (χ0) is 21.8. The lowest BCUT2D eigenvalue weighted by molar-refractivity contribution is 0.355. The first-order valence-electron chi connectivity index (χ1n) is 9.83. The maximum atomic E-state index is 12.8. The lowest BCUT2D eigenvalue weighted by Crippen LogP contribution is -2.20. The number of rotatable bonds is 7. The van der Waals surface area contributed by atoms with Crippen molar-refractivity contribution in [3.05, 3.63) is 71.0 Å². The van der Waals surface area contributed by atoms with E-state index in [0.29, 0.717) is 46.9 Å². The van der Waals surface area contributed by atoms with E-state index in [9.17, 15) is 4.79 Å². The minimum absolute atomic E-state index is 0.156. The van der Waals surface area contributed by atoms with Gasteiger partial charge >= 0.3 is 0 Å². The van der Waals surface area contributed by atoms with Crippen LogP contribution in [0.2, 0.25) is 0 Å². The van der Waals surface area contributed by atoms with Crippen LogP contribution in [0.15, 0.2) is 59.8 Å². The predicted molar refractivity (Wildman–Crippen MR) is 120 cm³/mol. The predicted octanol–water partition coefficient (Wildman–Crippen LogP) is 3.06. The summed E-state index contributed by atoms with van der Waals surface area (Å²) >= 11 is 0. The molecule has 0 aliphatic carbocycles. The van der Waals surface area contributed by atoms with Crippen molar-refractivity contribution < 1.29 is 9.47 Å². The molecule has 8 nitrogen and oxygen atoms in total. The summed E-state index contributed by atoms with van der Waals surface area (Å²) in [4.78, 5) is 26.3. The van der Waals surface area contributed by atoms with E-state index in [0.717, 1.165) is 11.3 Å². The Morgan fingerprint density at radius 2 is 1.87 bits per heavy atom. The summed E-state index contributed by atoms with van der Waals surface area (Å²) in [5, 5.41) is 3.76. The Morgan fingerprint density at radius 3 is 2.61 bits per heavy atom. The summed E-state index contributed by atoms with van der Waals surface area (Å²) in [5.74, 6) is 1.73. The molecule has 3 aromatic heterocycles. The van der Waals surface area contributed by atoms with Crippen LogP contribution in [0.4, 0.5) is 5.82 Å². The van der Waals surface area contributed by atoms with Gasteiger partial charge < -0.3 is 19.4 Å². The third-order valence-corrected chi connectivity index (χ3v) is 4.98. The number of hydrogen-bond acceptors (Lipinski definition) is 7. The second-order valence-electron chi connectivity index (χ2n) is 6.98. The summed E-state index contributed by atoms with van der Waals surface area (Å²) in [6.45, 7) is 0.576. The molecule has 0 spiro atoms. The van der Waals surface area contributed by atoms with E-state index in [1.165, 1.54) is 10.9 Å². The monoisotopic (exact) mass is 417 g/mol. The summed E-state index contributed by atoms with van der Waals surface area (Å²) < 4.78 is 12.2.